The minimum Gasteiger partial charge on any atom is -0.484 e. The number of hydrogen-bond acceptors (Lipinski definition) is 6. The lowest BCUT2D eigenvalue weighted by atomic mass is 9.95. The Bertz CT molecular complexity index is 1160. The normalized spacial score (nSPS) is 13.0. The number of ether oxygens (including phenoxy) is 2. The van der Waals surface area contributed by atoms with Gasteiger partial charge >= 0.3 is 5.97 Å². The number of hydrogen-bond donors (Lipinski definition) is 1. The molecule has 1 amide bonds. The second-order valence-corrected chi connectivity index (χ2v) is 9.78. The molecule has 0 atom stereocenters. The van der Waals surface area contributed by atoms with E-state index >= 15 is 0 Å². The first-order valence-electron chi connectivity index (χ1n) is 11.0. The molecule has 0 aliphatic heterocycles. The van der Waals surface area contributed by atoms with E-state index in [9.17, 15) is 9.59 Å². The molecule has 8 heteroatoms. The summed E-state index contributed by atoms with van der Waals surface area (Å²) in [5, 5.41) is 3.89. The minimum absolute atomic E-state index is 0.136. The summed E-state index contributed by atoms with van der Waals surface area (Å²) >= 11 is 7.64. The molecule has 0 saturated heterocycles. The zero-order chi connectivity index (χ0) is 23.5. The summed E-state index contributed by atoms with van der Waals surface area (Å²) in [5.74, 6) is 0.387. The van der Waals surface area contributed by atoms with Crippen molar-refractivity contribution in [3.8, 4) is 5.75 Å². The number of amides is 1. The topological polar surface area (TPSA) is 77.8 Å². The molecule has 1 aliphatic rings. The van der Waals surface area contributed by atoms with E-state index in [0.29, 0.717) is 27.1 Å². The molecule has 4 rings (SSSR count). The van der Waals surface area contributed by atoms with Crippen LogP contribution in [0.4, 0.5) is 5.00 Å². The van der Waals surface area contributed by atoms with Gasteiger partial charge in [0.15, 0.2) is 5.76 Å². The van der Waals surface area contributed by atoms with Gasteiger partial charge in [-0.15, -0.1) is 11.3 Å². The number of rotatable bonds is 7. The fourth-order valence-electron chi connectivity index (χ4n) is 3.83. The van der Waals surface area contributed by atoms with Gasteiger partial charge < -0.3 is 19.2 Å². The highest BCUT2D eigenvalue weighted by atomic mass is 35.5. The fraction of sp³-hybridized carbons (Fsp3) is 0.360. The lowest BCUT2D eigenvalue weighted by Gasteiger charge is -2.14. The van der Waals surface area contributed by atoms with Gasteiger partial charge in [-0.2, -0.15) is 0 Å². The van der Waals surface area contributed by atoms with Crippen LogP contribution in [0.15, 0.2) is 34.7 Å². The number of halogens is 1. The van der Waals surface area contributed by atoms with Crippen molar-refractivity contribution in [2.24, 2.45) is 0 Å². The molecule has 0 saturated carbocycles. The second-order valence-electron chi connectivity index (χ2n) is 8.26. The summed E-state index contributed by atoms with van der Waals surface area (Å²) in [6.07, 6.45) is 3.57. The van der Waals surface area contributed by atoms with E-state index in [1.165, 1.54) is 11.3 Å². The van der Waals surface area contributed by atoms with E-state index in [0.717, 1.165) is 41.7 Å². The van der Waals surface area contributed by atoms with Crippen LogP contribution < -0.4 is 10.1 Å². The van der Waals surface area contributed by atoms with Crippen LogP contribution >= 0.6 is 22.9 Å². The number of thiophene rings is 1. The standard InChI is InChI=1S/C25H26ClNO5S/c1-14(2)31-25(29)21-17-8-4-5-10-20(17)33-24(21)27-23(28)19-12-11-16(32-19)13-30-22-15(3)7-6-9-18(22)26/h6-7,9,11-12,14H,4-5,8,10,13H2,1-3H3,(H,27,28). The lowest BCUT2D eigenvalue weighted by molar-refractivity contribution is 0.0378. The van der Waals surface area contributed by atoms with Gasteiger partial charge in [0, 0.05) is 4.88 Å². The van der Waals surface area contributed by atoms with Crippen LogP contribution in [0.5, 0.6) is 5.75 Å². The van der Waals surface area contributed by atoms with Gasteiger partial charge in [0.25, 0.3) is 5.91 Å². The molecule has 0 unspecified atom stereocenters. The minimum atomic E-state index is -0.424. The summed E-state index contributed by atoms with van der Waals surface area (Å²) in [5.41, 5.74) is 2.38. The van der Waals surface area contributed by atoms with Crippen LogP contribution in [-0.2, 0) is 24.2 Å². The third kappa shape index (κ3) is 5.25. The van der Waals surface area contributed by atoms with Crippen LogP contribution in [0.2, 0.25) is 5.02 Å². The number of anilines is 1. The van der Waals surface area contributed by atoms with E-state index in [4.69, 9.17) is 25.5 Å². The quantitative estimate of drug-likeness (QED) is 0.381. The second kappa shape index (κ2) is 10.0. The Hall–Kier alpha value is -2.77. The van der Waals surface area contributed by atoms with Crippen LogP contribution in [-0.4, -0.2) is 18.0 Å². The smallest absolute Gasteiger partial charge is 0.341 e. The van der Waals surface area contributed by atoms with Gasteiger partial charge in [0.2, 0.25) is 0 Å². The first kappa shape index (κ1) is 23.4. The molecular weight excluding hydrogens is 462 g/mol. The van der Waals surface area contributed by atoms with Crippen molar-refractivity contribution >= 4 is 39.8 Å². The highest BCUT2D eigenvalue weighted by molar-refractivity contribution is 7.17. The van der Waals surface area contributed by atoms with Gasteiger partial charge in [0.05, 0.1) is 16.7 Å². The highest BCUT2D eigenvalue weighted by Crippen LogP contribution is 2.39. The van der Waals surface area contributed by atoms with E-state index in [1.807, 2.05) is 32.9 Å². The third-order valence-electron chi connectivity index (χ3n) is 5.35. The zero-order valence-corrected chi connectivity index (χ0v) is 20.4. The molecule has 0 spiro atoms. The number of benzene rings is 1. The SMILES string of the molecule is Cc1cccc(Cl)c1OCc1ccc(C(=O)Nc2sc3c(c2C(=O)OC(C)C)CCCC3)o1. The molecule has 6 nitrogen and oxygen atoms in total. The lowest BCUT2D eigenvalue weighted by Crippen LogP contribution is -2.17. The van der Waals surface area contributed by atoms with Gasteiger partial charge in [0.1, 0.15) is 23.1 Å². The van der Waals surface area contributed by atoms with Gasteiger partial charge in [-0.05, 0) is 75.8 Å². The molecule has 0 radical (unpaired) electrons. The molecule has 1 aliphatic carbocycles. The Labute approximate surface area is 201 Å². The molecule has 2 heterocycles. The number of para-hydroxylation sites is 1. The Balaban J connectivity index is 1.49. The number of carbonyl (C=O) groups excluding carboxylic acids is 2. The number of carbonyl (C=O) groups is 2. The van der Waals surface area contributed by atoms with E-state index < -0.39 is 11.9 Å². The molecule has 1 N–H and O–H groups in total. The third-order valence-corrected chi connectivity index (χ3v) is 6.86. The monoisotopic (exact) mass is 487 g/mol. The van der Waals surface area contributed by atoms with Crippen molar-refractivity contribution in [3.63, 3.8) is 0 Å². The number of fused-ring (bicyclic) bond motifs is 1. The van der Waals surface area contributed by atoms with Gasteiger partial charge in [-0.3, -0.25) is 4.79 Å². The van der Waals surface area contributed by atoms with Crippen molar-refractivity contribution in [1.29, 1.82) is 0 Å². The number of esters is 1. The molecular formula is C25H26ClNO5S. The van der Waals surface area contributed by atoms with Crippen LogP contribution in [0, 0.1) is 6.92 Å². The van der Waals surface area contributed by atoms with E-state index in [2.05, 4.69) is 5.32 Å². The number of aryl methyl sites for hydroxylation is 2. The van der Waals surface area contributed by atoms with Crippen molar-refractivity contribution in [3.05, 3.63) is 68.4 Å². The Morgan fingerprint density at radius 1 is 1.18 bits per heavy atom. The molecule has 0 fully saturated rings. The molecule has 2 aromatic heterocycles. The summed E-state index contributed by atoms with van der Waals surface area (Å²) in [6, 6.07) is 8.80. The van der Waals surface area contributed by atoms with E-state index in [1.54, 1.807) is 18.2 Å². The molecule has 174 valence electrons. The number of furan rings is 1. The maximum Gasteiger partial charge on any atom is 0.341 e. The van der Waals surface area contributed by atoms with Crippen molar-refractivity contribution < 1.29 is 23.5 Å². The van der Waals surface area contributed by atoms with Crippen LogP contribution in [0.25, 0.3) is 0 Å². The summed E-state index contributed by atoms with van der Waals surface area (Å²) in [7, 11) is 0. The zero-order valence-electron chi connectivity index (χ0n) is 18.8. The summed E-state index contributed by atoms with van der Waals surface area (Å²) in [6.45, 7) is 5.67. The van der Waals surface area contributed by atoms with E-state index in [-0.39, 0.29) is 18.5 Å². The summed E-state index contributed by atoms with van der Waals surface area (Å²) in [4.78, 5) is 26.8. The first-order chi connectivity index (χ1) is 15.8. The largest absolute Gasteiger partial charge is 0.484 e. The van der Waals surface area contributed by atoms with Crippen LogP contribution in [0.1, 0.15) is 69.4 Å². The molecule has 3 aromatic rings. The molecule has 1 aromatic carbocycles. The van der Waals surface area contributed by atoms with Crippen molar-refractivity contribution in [2.45, 2.75) is 59.2 Å². The Morgan fingerprint density at radius 3 is 2.73 bits per heavy atom. The maximum atomic E-state index is 12.9. The predicted octanol–water partition coefficient (Wildman–Crippen LogP) is 6.58. The highest BCUT2D eigenvalue weighted by Gasteiger charge is 2.28. The average molecular weight is 488 g/mol. The van der Waals surface area contributed by atoms with Gasteiger partial charge in [-0.1, -0.05) is 23.7 Å². The number of nitrogens with one attached hydrogen (secondary N) is 1. The molecule has 33 heavy (non-hydrogen) atoms. The van der Waals surface area contributed by atoms with Crippen LogP contribution in [0.3, 0.4) is 0 Å². The molecule has 0 bridgehead atoms. The van der Waals surface area contributed by atoms with Gasteiger partial charge in [-0.25, -0.2) is 4.79 Å². The van der Waals surface area contributed by atoms with Crippen molar-refractivity contribution in [2.75, 3.05) is 5.32 Å². The Morgan fingerprint density at radius 2 is 1.97 bits per heavy atom. The van der Waals surface area contributed by atoms with Crippen molar-refractivity contribution in [1.82, 2.24) is 0 Å². The summed E-state index contributed by atoms with van der Waals surface area (Å²) < 4.78 is 16.9. The first-order valence-corrected chi connectivity index (χ1v) is 12.2. The maximum absolute atomic E-state index is 12.9. The average Bonchev–Trinajstić information content (AvgIpc) is 3.37. The Kier molecular flexibility index (Phi) is 7.10. The predicted molar refractivity (Wildman–Crippen MR) is 129 cm³/mol. The fourth-order valence-corrected chi connectivity index (χ4v) is 5.38.